The van der Waals surface area contributed by atoms with Crippen molar-refractivity contribution >= 4 is 23.3 Å². The number of hydrogen-bond donors (Lipinski definition) is 2. The number of ether oxygens (including phenoxy) is 1. The van der Waals surface area contributed by atoms with E-state index in [2.05, 4.69) is 4.74 Å². The predicted octanol–water partition coefficient (Wildman–Crippen LogP) is 1.04. The van der Waals surface area contributed by atoms with Crippen LogP contribution in [0.2, 0.25) is 0 Å². The molecule has 6 nitrogen and oxygen atoms in total. The Morgan fingerprint density at radius 2 is 2.10 bits per heavy atom. The van der Waals surface area contributed by atoms with Gasteiger partial charge in [-0.15, -0.1) is 0 Å². The Balaban J connectivity index is 2.46. The minimum atomic E-state index is -0.651. The maximum Gasteiger partial charge on any atom is 0.340 e. The van der Waals surface area contributed by atoms with Crippen LogP contribution in [0.15, 0.2) is 12.1 Å². The highest BCUT2D eigenvalue weighted by Crippen LogP contribution is 2.30. The Bertz CT molecular complexity index is 577. The Morgan fingerprint density at radius 1 is 1.38 bits per heavy atom. The molecule has 0 spiro atoms. The average molecular weight is 295 g/mol. The van der Waals surface area contributed by atoms with E-state index in [-0.39, 0.29) is 16.9 Å². The number of halogens is 1. The summed E-state index contributed by atoms with van der Waals surface area (Å²) in [6.07, 6.45) is 2.23. The highest BCUT2D eigenvalue weighted by atomic mass is 19.1. The van der Waals surface area contributed by atoms with Crippen LogP contribution in [-0.2, 0) is 9.53 Å². The predicted molar refractivity (Wildman–Crippen MR) is 76.3 cm³/mol. The fourth-order valence-electron chi connectivity index (χ4n) is 2.60. The highest BCUT2D eigenvalue weighted by molar-refractivity contribution is 5.96. The molecule has 1 unspecified atom stereocenters. The van der Waals surface area contributed by atoms with Gasteiger partial charge in [0.25, 0.3) is 0 Å². The lowest BCUT2D eigenvalue weighted by atomic mass is 9.99. The molecule has 7 heteroatoms. The molecule has 1 aliphatic rings. The van der Waals surface area contributed by atoms with E-state index < -0.39 is 23.7 Å². The number of primary amides is 1. The second-order valence-electron chi connectivity index (χ2n) is 4.99. The van der Waals surface area contributed by atoms with Gasteiger partial charge in [-0.1, -0.05) is 0 Å². The summed E-state index contributed by atoms with van der Waals surface area (Å²) in [5.74, 6) is -1.75. The first-order chi connectivity index (χ1) is 9.95. The van der Waals surface area contributed by atoms with Crippen LogP contribution in [-0.4, -0.2) is 31.6 Å². The Labute approximate surface area is 121 Å². The molecule has 1 fully saturated rings. The van der Waals surface area contributed by atoms with Crippen LogP contribution in [0.25, 0.3) is 0 Å². The maximum atomic E-state index is 14.2. The topological polar surface area (TPSA) is 98.6 Å². The Kier molecular flexibility index (Phi) is 4.30. The number of nitrogens with zero attached hydrogens (tertiary/aromatic N) is 1. The first-order valence-corrected chi connectivity index (χ1v) is 6.69. The molecule has 1 heterocycles. The van der Waals surface area contributed by atoms with E-state index in [1.165, 1.54) is 13.2 Å². The fourth-order valence-corrected chi connectivity index (χ4v) is 2.60. The third-order valence-electron chi connectivity index (χ3n) is 3.66. The zero-order valence-electron chi connectivity index (χ0n) is 11.8. The van der Waals surface area contributed by atoms with E-state index in [9.17, 15) is 14.0 Å². The van der Waals surface area contributed by atoms with E-state index in [1.807, 2.05) is 0 Å². The molecule has 1 aliphatic heterocycles. The summed E-state index contributed by atoms with van der Waals surface area (Å²) in [5.41, 5.74) is 11.2. The largest absolute Gasteiger partial charge is 0.465 e. The summed E-state index contributed by atoms with van der Waals surface area (Å²) in [5, 5.41) is 0. The van der Waals surface area contributed by atoms with Gasteiger partial charge < -0.3 is 21.1 Å². The van der Waals surface area contributed by atoms with E-state index in [0.717, 1.165) is 18.9 Å². The molecule has 0 aromatic heterocycles. The normalized spacial score (nSPS) is 18.4. The summed E-state index contributed by atoms with van der Waals surface area (Å²) in [6, 6.07) is 1.80. The maximum absolute atomic E-state index is 14.2. The smallest absolute Gasteiger partial charge is 0.340 e. The second kappa shape index (κ2) is 5.99. The van der Waals surface area contributed by atoms with Crippen molar-refractivity contribution in [3.05, 3.63) is 23.5 Å². The summed E-state index contributed by atoms with van der Waals surface area (Å²) >= 11 is 0. The van der Waals surface area contributed by atoms with E-state index in [1.54, 1.807) is 4.90 Å². The van der Waals surface area contributed by atoms with Gasteiger partial charge in [0, 0.05) is 12.2 Å². The van der Waals surface area contributed by atoms with E-state index in [0.29, 0.717) is 13.0 Å². The zero-order chi connectivity index (χ0) is 15.6. The molecule has 0 aliphatic carbocycles. The van der Waals surface area contributed by atoms with E-state index in [4.69, 9.17) is 11.5 Å². The van der Waals surface area contributed by atoms with Crippen molar-refractivity contribution in [2.24, 2.45) is 5.73 Å². The lowest BCUT2D eigenvalue weighted by molar-refractivity contribution is -0.119. The van der Waals surface area contributed by atoms with Gasteiger partial charge in [0.05, 0.1) is 18.4 Å². The van der Waals surface area contributed by atoms with Gasteiger partial charge >= 0.3 is 5.97 Å². The molecular weight excluding hydrogens is 277 g/mol. The number of carbonyl (C=O) groups is 2. The minimum Gasteiger partial charge on any atom is -0.465 e. The number of benzene rings is 1. The van der Waals surface area contributed by atoms with Crippen LogP contribution in [0.4, 0.5) is 15.8 Å². The van der Waals surface area contributed by atoms with Crippen LogP contribution in [0, 0.1) is 5.82 Å². The highest BCUT2D eigenvalue weighted by Gasteiger charge is 2.30. The number of anilines is 2. The van der Waals surface area contributed by atoms with E-state index >= 15 is 0 Å². The van der Waals surface area contributed by atoms with Gasteiger partial charge in [-0.2, -0.15) is 0 Å². The molecular formula is C14H18FN3O3. The molecule has 2 rings (SSSR count). The van der Waals surface area contributed by atoms with Gasteiger partial charge in [-0.3, -0.25) is 4.79 Å². The first-order valence-electron chi connectivity index (χ1n) is 6.69. The monoisotopic (exact) mass is 295 g/mol. The van der Waals surface area contributed by atoms with Crippen molar-refractivity contribution < 1.29 is 18.7 Å². The number of hydrogen-bond acceptors (Lipinski definition) is 5. The van der Waals surface area contributed by atoms with Crippen LogP contribution >= 0.6 is 0 Å². The molecule has 114 valence electrons. The van der Waals surface area contributed by atoms with Crippen LogP contribution < -0.4 is 16.4 Å². The molecule has 1 aromatic rings. The summed E-state index contributed by atoms with van der Waals surface area (Å²) < 4.78 is 18.8. The number of amides is 1. The third kappa shape index (κ3) is 2.91. The third-order valence-corrected chi connectivity index (χ3v) is 3.66. The summed E-state index contributed by atoms with van der Waals surface area (Å²) in [4.78, 5) is 24.8. The van der Waals surface area contributed by atoms with Crippen molar-refractivity contribution in [2.45, 2.75) is 25.3 Å². The number of carbonyl (C=O) groups excluding carboxylic acids is 2. The molecule has 1 saturated heterocycles. The van der Waals surface area contributed by atoms with Crippen LogP contribution in [0.3, 0.4) is 0 Å². The van der Waals surface area contributed by atoms with Gasteiger partial charge in [0.1, 0.15) is 11.9 Å². The molecule has 0 radical (unpaired) electrons. The number of piperidine rings is 1. The molecule has 1 amide bonds. The lowest BCUT2D eigenvalue weighted by Gasteiger charge is -2.36. The fraction of sp³-hybridized carbons (Fsp3) is 0.429. The van der Waals surface area contributed by atoms with Crippen molar-refractivity contribution in [3.8, 4) is 0 Å². The minimum absolute atomic E-state index is 0.00395. The second-order valence-corrected chi connectivity index (χ2v) is 4.99. The average Bonchev–Trinajstić information content (AvgIpc) is 2.46. The number of methoxy groups -OCH3 is 1. The number of nitrogens with two attached hydrogens (primary N) is 2. The van der Waals surface area contributed by atoms with Gasteiger partial charge in [0.2, 0.25) is 5.91 Å². The summed E-state index contributed by atoms with van der Waals surface area (Å²) in [7, 11) is 1.22. The van der Waals surface area contributed by atoms with Crippen LogP contribution in [0.1, 0.15) is 29.6 Å². The Hall–Kier alpha value is -2.31. The molecule has 4 N–H and O–H groups in total. The summed E-state index contributed by atoms with van der Waals surface area (Å²) in [6.45, 7) is 0.495. The van der Waals surface area contributed by atoms with Crippen molar-refractivity contribution in [2.75, 3.05) is 24.3 Å². The van der Waals surface area contributed by atoms with Gasteiger partial charge in [-0.05, 0) is 31.4 Å². The number of rotatable bonds is 3. The SMILES string of the molecule is COC(=O)c1cc(N2CCCCC2C(N)=O)c(F)cc1N. The molecule has 1 atom stereocenters. The number of nitrogen functional groups attached to an aromatic ring is 1. The molecule has 21 heavy (non-hydrogen) atoms. The molecule has 0 bridgehead atoms. The van der Waals surface area contributed by atoms with Crippen LogP contribution in [0.5, 0.6) is 0 Å². The Morgan fingerprint density at radius 3 is 2.71 bits per heavy atom. The van der Waals surface area contributed by atoms with Gasteiger partial charge in [-0.25, -0.2) is 9.18 Å². The van der Waals surface area contributed by atoms with Crippen molar-refractivity contribution in [1.29, 1.82) is 0 Å². The van der Waals surface area contributed by atoms with Gasteiger partial charge in [0.15, 0.2) is 0 Å². The van der Waals surface area contributed by atoms with Crippen molar-refractivity contribution in [3.63, 3.8) is 0 Å². The lowest BCUT2D eigenvalue weighted by Crippen LogP contribution is -2.48. The quantitative estimate of drug-likeness (QED) is 0.641. The van der Waals surface area contributed by atoms with Crippen molar-refractivity contribution in [1.82, 2.24) is 0 Å². The number of esters is 1. The first kappa shape index (κ1) is 15.1. The molecule has 1 aromatic carbocycles. The molecule has 0 saturated carbocycles. The standard InChI is InChI=1S/C14H18FN3O3/c1-21-14(20)8-6-12(9(15)7-10(8)16)18-5-3-2-4-11(18)13(17)19/h6-7,11H,2-5,16H2,1H3,(H2,17,19). The zero-order valence-corrected chi connectivity index (χ0v) is 11.8.